The lowest BCUT2D eigenvalue weighted by Gasteiger charge is -2.44. The average molecular weight is 179 g/mol. The molecule has 0 amide bonds. The Bertz CT molecular complexity index is 236. The van der Waals surface area contributed by atoms with Gasteiger partial charge in [-0.05, 0) is 37.1 Å². The van der Waals surface area contributed by atoms with Gasteiger partial charge in [0.05, 0.1) is 0 Å². The lowest BCUT2D eigenvalue weighted by Crippen LogP contribution is -2.53. The highest BCUT2D eigenvalue weighted by molar-refractivity contribution is 5.30. The summed E-state index contributed by atoms with van der Waals surface area (Å²) in [4.78, 5) is 0. The number of fused-ring (bicyclic) bond motifs is 1. The summed E-state index contributed by atoms with van der Waals surface area (Å²) >= 11 is 0. The van der Waals surface area contributed by atoms with E-state index < -0.39 is 0 Å². The molecule has 13 heavy (non-hydrogen) atoms. The first kappa shape index (κ1) is 9.26. The van der Waals surface area contributed by atoms with Crippen LogP contribution in [0, 0.1) is 11.3 Å². The van der Waals surface area contributed by atoms with Gasteiger partial charge < -0.3 is 5.32 Å². The number of nitrogens with one attached hydrogen (secondary N) is 1. The van der Waals surface area contributed by atoms with Crippen LogP contribution >= 0.6 is 0 Å². The van der Waals surface area contributed by atoms with Gasteiger partial charge in [0.15, 0.2) is 0 Å². The van der Waals surface area contributed by atoms with Gasteiger partial charge in [-0.2, -0.15) is 0 Å². The quantitative estimate of drug-likeness (QED) is 0.564. The van der Waals surface area contributed by atoms with Crippen LogP contribution in [0.1, 0.15) is 40.0 Å². The molecule has 0 aromatic heterocycles. The van der Waals surface area contributed by atoms with Crippen LogP contribution in [0.4, 0.5) is 0 Å². The maximum atomic E-state index is 4.27. The molecule has 2 aliphatic rings. The minimum atomic E-state index is 0.257. The zero-order valence-corrected chi connectivity index (χ0v) is 9.11. The van der Waals surface area contributed by atoms with Gasteiger partial charge in [-0.1, -0.05) is 32.9 Å². The van der Waals surface area contributed by atoms with Crippen molar-refractivity contribution >= 4 is 0 Å². The van der Waals surface area contributed by atoms with Gasteiger partial charge in [0.25, 0.3) is 0 Å². The van der Waals surface area contributed by atoms with Crippen molar-refractivity contribution in [1.82, 2.24) is 5.32 Å². The number of hydrogen-bond acceptors (Lipinski definition) is 1. The van der Waals surface area contributed by atoms with Crippen LogP contribution in [0.2, 0.25) is 0 Å². The van der Waals surface area contributed by atoms with E-state index in [1.54, 1.807) is 0 Å². The molecular weight excluding hydrogens is 158 g/mol. The van der Waals surface area contributed by atoms with Gasteiger partial charge >= 0.3 is 0 Å². The highest BCUT2D eigenvalue weighted by Crippen LogP contribution is 2.53. The Morgan fingerprint density at radius 2 is 2.08 bits per heavy atom. The SMILES string of the molecule is C=C1CCC2CCNC12C(C)(C)C. The molecule has 1 aliphatic heterocycles. The van der Waals surface area contributed by atoms with Crippen molar-refractivity contribution in [1.29, 1.82) is 0 Å². The zero-order chi connectivity index (χ0) is 9.69. The molecule has 0 radical (unpaired) electrons. The predicted molar refractivity (Wildman–Crippen MR) is 56.7 cm³/mol. The molecular formula is C12H21N. The second-order valence-corrected chi connectivity index (χ2v) is 5.61. The summed E-state index contributed by atoms with van der Waals surface area (Å²) < 4.78 is 0. The van der Waals surface area contributed by atoms with Gasteiger partial charge in [-0.3, -0.25) is 0 Å². The molecule has 0 bridgehead atoms. The zero-order valence-electron chi connectivity index (χ0n) is 9.11. The minimum absolute atomic E-state index is 0.257. The first-order valence-electron chi connectivity index (χ1n) is 5.42. The van der Waals surface area contributed by atoms with Crippen molar-refractivity contribution in [3.8, 4) is 0 Å². The van der Waals surface area contributed by atoms with Crippen molar-refractivity contribution in [3.05, 3.63) is 12.2 Å². The Labute approximate surface area is 81.6 Å². The Morgan fingerprint density at radius 3 is 2.62 bits per heavy atom. The Hall–Kier alpha value is -0.300. The van der Waals surface area contributed by atoms with Crippen LogP contribution < -0.4 is 5.32 Å². The molecule has 2 rings (SSSR count). The molecule has 2 unspecified atom stereocenters. The van der Waals surface area contributed by atoms with E-state index in [0.29, 0.717) is 5.41 Å². The van der Waals surface area contributed by atoms with Crippen molar-refractivity contribution in [2.45, 2.75) is 45.6 Å². The van der Waals surface area contributed by atoms with Gasteiger partial charge in [0.2, 0.25) is 0 Å². The van der Waals surface area contributed by atoms with E-state index in [-0.39, 0.29) is 5.54 Å². The Morgan fingerprint density at radius 1 is 1.38 bits per heavy atom. The summed E-state index contributed by atoms with van der Waals surface area (Å²) in [6.45, 7) is 12.5. The molecule has 1 heterocycles. The lowest BCUT2D eigenvalue weighted by atomic mass is 9.67. The molecule has 1 aliphatic carbocycles. The van der Waals surface area contributed by atoms with Crippen molar-refractivity contribution in [2.75, 3.05) is 6.54 Å². The normalized spacial score (nSPS) is 39.6. The van der Waals surface area contributed by atoms with Gasteiger partial charge in [-0.15, -0.1) is 0 Å². The molecule has 1 saturated carbocycles. The lowest BCUT2D eigenvalue weighted by molar-refractivity contribution is 0.168. The van der Waals surface area contributed by atoms with Crippen LogP contribution in [-0.4, -0.2) is 12.1 Å². The fraction of sp³-hybridized carbons (Fsp3) is 0.833. The Balaban J connectivity index is 2.41. The van der Waals surface area contributed by atoms with Crippen molar-refractivity contribution < 1.29 is 0 Å². The fourth-order valence-corrected chi connectivity index (χ4v) is 3.53. The molecule has 1 N–H and O–H groups in total. The standard InChI is InChI=1S/C12H21N/c1-9-5-6-10-7-8-13-12(9,10)11(2,3)4/h10,13H,1,5-8H2,2-4H3. The van der Waals surface area contributed by atoms with E-state index in [0.717, 1.165) is 5.92 Å². The van der Waals surface area contributed by atoms with E-state index >= 15 is 0 Å². The second-order valence-electron chi connectivity index (χ2n) is 5.61. The predicted octanol–water partition coefficient (Wildman–Crippen LogP) is 2.73. The second kappa shape index (κ2) is 2.60. The van der Waals surface area contributed by atoms with Crippen molar-refractivity contribution in [2.24, 2.45) is 11.3 Å². The summed E-state index contributed by atoms with van der Waals surface area (Å²) in [7, 11) is 0. The summed E-state index contributed by atoms with van der Waals surface area (Å²) in [5.74, 6) is 0.847. The largest absolute Gasteiger partial charge is 0.307 e. The maximum absolute atomic E-state index is 4.27. The molecule has 1 saturated heterocycles. The van der Waals surface area contributed by atoms with E-state index in [1.807, 2.05) is 0 Å². The molecule has 1 heteroatoms. The van der Waals surface area contributed by atoms with Crippen LogP contribution in [0.5, 0.6) is 0 Å². The maximum Gasteiger partial charge on any atom is 0.0469 e. The van der Waals surface area contributed by atoms with E-state index in [1.165, 1.54) is 31.4 Å². The summed E-state index contributed by atoms with van der Waals surface area (Å²) in [5.41, 5.74) is 2.02. The van der Waals surface area contributed by atoms with Crippen LogP contribution in [0.25, 0.3) is 0 Å². The topological polar surface area (TPSA) is 12.0 Å². The highest BCUT2D eigenvalue weighted by Gasteiger charge is 2.55. The Kier molecular flexibility index (Phi) is 1.85. The third-order valence-electron chi connectivity index (χ3n) is 4.04. The van der Waals surface area contributed by atoms with E-state index in [9.17, 15) is 0 Å². The molecule has 2 atom stereocenters. The van der Waals surface area contributed by atoms with Crippen molar-refractivity contribution in [3.63, 3.8) is 0 Å². The van der Waals surface area contributed by atoms with E-state index in [2.05, 4.69) is 32.7 Å². The number of hydrogen-bond donors (Lipinski definition) is 1. The fourth-order valence-electron chi connectivity index (χ4n) is 3.53. The molecule has 74 valence electrons. The first-order chi connectivity index (χ1) is 5.98. The highest BCUT2D eigenvalue weighted by atomic mass is 15.1. The van der Waals surface area contributed by atoms with Gasteiger partial charge in [-0.25, -0.2) is 0 Å². The summed E-state index contributed by atoms with van der Waals surface area (Å²) in [6.07, 6.45) is 3.92. The number of rotatable bonds is 0. The monoisotopic (exact) mass is 179 g/mol. The first-order valence-corrected chi connectivity index (χ1v) is 5.42. The molecule has 1 nitrogen and oxygen atoms in total. The van der Waals surface area contributed by atoms with Crippen LogP contribution in [-0.2, 0) is 0 Å². The molecule has 0 spiro atoms. The molecule has 0 aromatic carbocycles. The molecule has 0 aromatic rings. The molecule has 2 fully saturated rings. The third kappa shape index (κ3) is 1.03. The minimum Gasteiger partial charge on any atom is -0.307 e. The third-order valence-corrected chi connectivity index (χ3v) is 4.04. The van der Waals surface area contributed by atoms with E-state index in [4.69, 9.17) is 0 Å². The van der Waals surface area contributed by atoms with Gasteiger partial charge in [0.1, 0.15) is 0 Å². The summed E-state index contributed by atoms with van der Waals surface area (Å²) in [5, 5.41) is 3.72. The van der Waals surface area contributed by atoms with Gasteiger partial charge in [0, 0.05) is 5.54 Å². The summed E-state index contributed by atoms with van der Waals surface area (Å²) in [6, 6.07) is 0. The average Bonchev–Trinajstić information content (AvgIpc) is 2.50. The van der Waals surface area contributed by atoms with Crippen LogP contribution in [0.15, 0.2) is 12.2 Å². The smallest absolute Gasteiger partial charge is 0.0469 e. The van der Waals surface area contributed by atoms with Crippen LogP contribution in [0.3, 0.4) is 0 Å².